The zero-order valence-corrected chi connectivity index (χ0v) is 11.9. The number of amides is 1. The van der Waals surface area contributed by atoms with Gasteiger partial charge < -0.3 is 10.6 Å². The molecule has 1 unspecified atom stereocenters. The minimum Gasteiger partial charge on any atom is -0.352 e. The Balaban J connectivity index is 1.76. The van der Waals surface area contributed by atoms with Crippen molar-refractivity contribution in [3.63, 3.8) is 0 Å². The summed E-state index contributed by atoms with van der Waals surface area (Å²) >= 11 is 0. The first-order chi connectivity index (χ1) is 9.58. The number of benzene rings is 1. The molecule has 1 amide bonds. The number of hydrogen-bond donors (Lipinski definition) is 3. The van der Waals surface area contributed by atoms with E-state index in [9.17, 15) is 13.2 Å². The summed E-state index contributed by atoms with van der Waals surface area (Å²) in [7, 11) is -3.53. The van der Waals surface area contributed by atoms with Crippen molar-refractivity contribution in [2.45, 2.75) is 23.8 Å². The van der Waals surface area contributed by atoms with Gasteiger partial charge in [-0.2, -0.15) is 0 Å². The fourth-order valence-electron chi connectivity index (χ4n) is 2.06. The Labute approximate surface area is 119 Å². The Bertz CT molecular complexity index is 539. The lowest BCUT2D eigenvalue weighted by Crippen LogP contribution is -2.38. The predicted molar refractivity (Wildman–Crippen MR) is 75.7 cm³/mol. The minimum atomic E-state index is -3.53. The quantitative estimate of drug-likeness (QED) is 0.680. The third-order valence-corrected chi connectivity index (χ3v) is 4.60. The summed E-state index contributed by atoms with van der Waals surface area (Å²) in [5.41, 5.74) is 0. The first-order valence-corrected chi connectivity index (χ1v) is 8.11. The van der Waals surface area contributed by atoms with Crippen molar-refractivity contribution in [2.24, 2.45) is 0 Å². The lowest BCUT2D eigenvalue weighted by atomic mass is 10.2. The molecular weight excluding hydrogens is 278 g/mol. The van der Waals surface area contributed by atoms with Crippen molar-refractivity contribution in [1.82, 2.24) is 15.4 Å². The zero-order chi connectivity index (χ0) is 14.4. The third kappa shape index (κ3) is 4.29. The molecule has 1 aromatic rings. The van der Waals surface area contributed by atoms with Gasteiger partial charge in [0.15, 0.2) is 0 Å². The highest BCUT2D eigenvalue weighted by Gasteiger charge is 2.17. The smallest absolute Gasteiger partial charge is 0.240 e. The highest BCUT2D eigenvalue weighted by atomic mass is 32.2. The van der Waals surface area contributed by atoms with Crippen molar-refractivity contribution < 1.29 is 13.2 Å². The SMILES string of the molecule is O=C(CCNS(=O)(=O)c1ccccc1)NC1CCNC1. The van der Waals surface area contributed by atoms with Gasteiger partial charge in [0.05, 0.1) is 4.90 Å². The van der Waals surface area contributed by atoms with Gasteiger partial charge in [0.1, 0.15) is 0 Å². The first kappa shape index (κ1) is 15.0. The predicted octanol–water partition coefficient (Wildman–Crippen LogP) is -0.167. The van der Waals surface area contributed by atoms with Gasteiger partial charge in [0.25, 0.3) is 0 Å². The molecular formula is C13H19N3O3S. The molecule has 1 fully saturated rings. The second-order valence-corrected chi connectivity index (χ2v) is 6.49. The van der Waals surface area contributed by atoms with Gasteiger partial charge in [-0.3, -0.25) is 4.79 Å². The Kier molecular flexibility index (Phi) is 5.11. The maximum absolute atomic E-state index is 11.9. The van der Waals surface area contributed by atoms with Crippen molar-refractivity contribution in [3.05, 3.63) is 30.3 Å². The van der Waals surface area contributed by atoms with Gasteiger partial charge in [0.2, 0.25) is 15.9 Å². The minimum absolute atomic E-state index is 0.100. The van der Waals surface area contributed by atoms with Crippen LogP contribution in [-0.4, -0.2) is 40.0 Å². The van der Waals surface area contributed by atoms with Crippen LogP contribution in [0.4, 0.5) is 0 Å². The molecule has 0 spiro atoms. The van der Waals surface area contributed by atoms with Crippen LogP contribution < -0.4 is 15.4 Å². The maximum Gasteiger partial charge on any atom is 0.240 e. The van der Waals surface area contributed by atoms with E-state index in [1.165, 1.54) is 12.1 Å². The van der Waals surface area contributed by atoms with E-state index in [0.29, 0.717) is 0 Å². The number of hydrogen-bond acceptors (Lipinski definition) is 4. The second kappa shape index (κ2) is 6.83. The van der Waals surface area contributed by atoms with E-state index in [4.69, 9.17) is 0 Å². The van der Waals surface area contributed by atoms with Crippen LogP contribution in [0, 0.1) is 0 Å². The molecule has 20 heavy (non-hydrogen) atoms. The van der Waals surface area contributed by atoms with E-state index in [1.54, 1.807) is 18.2 Å². The van der Waals surface area contributed by atoms with Crippen LogP contribution in [0.5, 0.6) is 0 Å². The lowest BCUT2D eigenvalue weighted by molar-refractivity contribution is -0.121. The number of carbonyl (C=O) groups excluding carboxylic acids is 1. The fourth-order valence-corrected chi connectivity index (χ4v) is 3.11. The highest BCUT2D eigenvalue weighted by molar-refractivity contribution is 7.89. The molecule has 7 heteroatoms. The molecule has 1 saturated heterocycles. The summed E-state index contributed by atoms with van der Waals surface area (Å²) in [5.74, 6) is -0.130. The summed E-state index contributed by atoms with van der Waals surface area (Å²) in [5, 5.41) is 6.02. The molecule has 1 atom stereocenters. The largest absolute Gasteiger partial charge is 0.352 e. The van der Waals surface area contributed by atoms with E-state index < -0.39 is 10.0 Å². The number of carbonyl (C=O) groups is 1. The molecule has 0 aliphatic carbocycles. The summed E-state index contributed by atoms with van der Waals surface area (Å²) < 4.78 is 26.2. The van der Waals surface area contributed by atoms with Crippen molar-refractivity contribution >= 4 is 15.9 Å². The molecule has 0 aromatic heterocycles. The molecule has 110 valence electrons. The van der Waals surface area contributed by atoms with Crippen LogP contribution in [0.1, 0.15) is 12.8 Å². The van der Waals surface area contributed by atoms with Crippen LogP contribution in [0.25, 0.3) is 0 Å². The summed E-state index contributed by atoms with van der Waals surface area (Å²) in [6.45, 7) is 1.79. The van der Waals surface area contributed by atoms with Crippen LogP contribution in [-0.2, 0) is 14.8 Å². The van der Waals surface area contributed by atoms with Gasteiger partial charge in [-0.25, -0.2) is 13.1 Å². The summed E-state index contributed by atoms with van der Waals surface area (Å²) in [4.78, 5) is 11.9. The summed E-state index contributed by atoms with van der Waals surface area (Å²) in [6, 6.07) is 8.28. The molecule has 0 bridgehead atoms. The standard InChI is InChI=1S/C13H19N3O3S/c17-13(16-11-6-8-14-10-11)7-9-15-20(18,19)12-4-2-1-3-5-12/h1-5,11,14-15H,6-10H2,(H,16,17). The van der Waals surface area contributed by atoms with Gasteiger partial charge >= 0.3 is 0 Å². The van der Waals surface area contributed by atoms with Crippen LogP contribution in [0.2, 0.25) is 0 Å². The number of sulfonamides is 1. The van der Waals surface area contributed by atoms with Gasteiger partial charge in [-0.1, -0.05) is 18.2 Å². The Morgan fingerprint density at radius 1 is 1.30 bits per heavy atom. The molecule has 6 nitrogen and oxygen atoms in total. The van der Waals surface area contributed by atoms with E-state index in [-0.39, 0.29) is 29.8 Å². The second-order valence-electron chi connectivity index (χ2n) is 4.72. The highest BCUT2D eigenvalue weighted by Crippen LogP contribution is 2.06. The van der Waals surface area contributed by atoms with Gasteiger partial charge in [-0.05, 0) is 25.1 Å². The Hall–Kier alpha value is -1.44. The van der Waals surface area contributed by atoms with E-state index >= 15 is 0 Å². The molecule has 1 aromatic carbocycles. The molecule has 0 saturated carbocycles. The van der Waals surface area contributed by atoms with Gasteiger partial charge in [0, 0.05) is 25.6 Å². The van der Waals surface area contributed by atoms with E-state index in [2.05, 4.69) is 15.4 Å². The molecule has 0 radical (unpaired) electrons. The topological polar surface area (TPSA) is 87.3 Å². The van der Waals surface area contributed by atoms with E-state index in [1.807, 2.05) is 0 Å². The third-order valence-electron chi connectivity index (χ3n) is 3.12. The van der Waals surface area contributed by atoms with E-state index in [0.717, 1.165) is 19.5 Å². The molecule has 2 rings (SSSR count). The molecule has 1 aliphatic heterocycles. The Morgan fingerprint density at radius 2 is 2.05 bits per heavy atom. The molecule has 1 heterocycles. The lowest BCUT2D eigenvalue weighted by Gasteiger charge is -2.11. The normalized spacial score (nSPS) is 18.9. The first-order valence-electron chi connectivity index (χ1n) is 6.63. The Morgan fingerprint density at radius 3 is 2.70 bits per heavy atom. The van der Waals surface area contributed by atoms with Crippen LogP contribution in [0.3, 0.4) is 0 Å². The van der Waals surface area contributed by atoms with Crippen molar-refractivity contribution in [3.8, 4) is 0 Å². The fraction of sp³-hybridized carbons (Fsp3) is 0.462. The van der Waals surface area contributed by atoms with Crippen LogP contribution >= 0.6 is 0 Å². The number of nitrogens with one attached hydrogen (secondary N) is 3. The number of rotatable bonds is 6. The zero-order valence-electron chi connectivity index (χ0n) is 11.1. The van der Waals surface area contributed by atoms with Crippen LogP contribution in [0.15, 0.2) is 35.2 Å². The molecule has 3 N–H and O–H groups in total. The van der Waals surface area contributed by atoms with Gasteiger partial charge in [-0.15, -0.1) is 0 Å². The average molecular weight is 297 g/mol. The summed E-state index contributed by atoms with van der Waals surface area (Å²) in [6.07, 6.45) is 1.06. The van der Waals surface area contributed by atoms with Crippen molar-refractivity contribution in [2.75, 3.05) is 19.6 Å². The molecule has 1 aliphatic rings. The van der Waals surface area contributed by atoms with Crippen molar-refractivity contribution in [1.29, 1.82) is 0 Å². The average Bonchev–Trinajstić information content (AvgIpc) is 2.92. The monoisotopic (exact) mass is 297 g/mol. The maximum atomic E-state index is 11.9.